The summed E-state index contributed by atoms with van der Waals surface area (Å²) in [5.74, 6) is 0. The zero-order valence-corrected chi connectivity index (χ0v) is 20.2. The third kappa shape index (κ3) is 11.0. The molecule has 0 amide bonds. The maximum Gasteiger partial charge on any atom is 0.139 e. The highest BCUT2D eigenvalue weighted by atomic mass is 16.0. The van der Waals surface area contributed by atoms with Gasteiger partial charge in [0.15, 0.2) is 0 Å². The Balaban J connectivity index is 0.00000480. The van der Waals surface area contributed by atoms with Crippen LogP contribution in [-0.2, 0) is 0 Å². The minimum Gasteiger partial charge on any atom is -0.870 e. The van der Waals surface area contributed by atoms with Crippen LogP contribution in [0.4, 0.5) is 0 Å². The lowest BCUT2D eigenvalue weighted by atomic mass is 9.96. The Morgan fingerprint density at radius 2 is 0.871 bits per heavy atom. The van der Waals surface area contributed by atoms with Crippen molar-refractivity contribution < 1.29 is 10.4 Å². The SMILES string of the molecule is CCCCCCCC[NH+](CCCCCCCC)C(c1ccccc1)c1ccccc1.[OH-]. The molecule has 31 heavy (non-hydrogen) atoms. The summed E-state index contributed by atoms with van der Waals surface area (Å²) in [5, 5.41) is 0. The van der Waals surface area contributed by atoms with Gasteiger partial charge >= 0.3 is 0 Å². The van der Waals surface area contributed by atoms with E-state index >= 15 is 0 Å². The zero-order chi connectivity index (χ0) is 21.3. The molecule has 2 aromatic carbocycles. The van der Waals surface area contributed by atoms with Crippen molar-refractivity contribution in [1.29, 1.82) is 0 Å². The van der Waals surface area contributed by atoms with E-state index in [2.05, 4.69) is 74.5 Å². The minimum absolute atomic E-state index is 0. The standard InChI is InChI=1S/C29H45N.H2O/c1-3-5-7-9-11-19-25-30(26-20-12-10-8-6-4-2)29(27-21-15-13-16-22-27)28-23-17-14-18-24-28;/h13-18,21-24,29H,3-12,19-20,25-26H2,1-2H3;1H2. The Labute approximate surface area is 192 Å². The Morgan fingerprint density at radius 1 is 0.516 bits per heavy atom. The van der Waals surface area contributed by atoms with E-state index in [1.807, 2.05) is 0 Å². The van der Waals surface area contributed by atoms with Crippen molar-refractivity contribution in [3.05, 3.63) is 71.8 Å². The molecule has 0 radical (unpaired) electrons. The van der Waals surface area contributed by atoms with Gasteiger partial charge in [-0.1, -0.05) is 126 Å². The summed E-state index contributed by atoms with van der Waals surface area (Å²) in [7, 11) is 0. The molecule has 0 unspecified atom stereocenters. The molecule has 0 aliphatic carbocycles. The van der Waals surface area contributed by atoms with Gasteiger partial charge in [-0.3, -0.25) is 0 Å². The first-order valence-corrected chi connectivity index (χ1v) is 12.8. The van der Waals surface area contributed by atoms with E-state index in [-0.39, 0.29) is 5.48 Å². The van der Waals surface area contributed by atoms with Crippen molar-refractivity contribution in [3.8, 4) is 0 Å². The van der Waals surface area contributed by atoms with Crippen LogP contribution in [0.3, 0.4) is 0 Å². The fraction of sp³-hybridized carbons (Fsp3) is 0.586. The Kier molecular flexibility index (Phi) is 15.9. The van der Waals surface area contributed by atoms with Crippen LogP contribution in [0, 0.1) is 0 Å². The highest BCUT2D eigenvalue weighted by molar-refractivity contribution is 5.29. The average Bonchev–Trinajstić information content (AvgIpc) is 2.79. The molecule has 0 saturated carbocycles. The smallest absolute Gasteiger partial charge is 0.139 e. The number of quaternary nitrogens is 1. The third-order valence-corrected chi connectivity index (χ3v) is 6.38. The Morgan fingerprint density at radius 3 is 1.26 bits per heavy atom. The third-order valence-electron chi connectivity index (χ3n) is 6.38. The fourth-order valence-electron chi connectivity index (χ4n) is 4.63. The summed E-state index contributed by atoms with van der Waals surface area (Å²) >= 11 is 0. The second-order valence-corrected chi connectivity index (χ2v) is 8.95. The molecular weight excluding hydrogens is 378 g/mol. The van der Waals surface area contributed by atoms with Crippen molar-refractivity contribution in [2.75, 3.05) is 13.1 Å². The van der Waals surface area contributed by atoms with Crippen LogP contribution in [0.2, 0.25) is 0 Å². The van der Waals surface area contributed by atoms with Gasteiger partial charge in [0, 0.05) is 11.1 Å². The van der Waals surface area contributed by atoms with E-state index in [1.165, 1.54) is 101 Å². The molecule has 2 rings (SSSR count). The number of benzene rings is 2. The second-order valence-electron chi connectivity index (χ2n) is 8.95. The molecule has 0 aliphatic rings. The molecule has 2 nitrogen and oxygen atoms in total. The quantitative estimate of drug-likeness (QED) is 0.267. The van der Waals surface area contributed by atoms with Crippen molar-refractivity contribution in [2.24, 2.45) is 0 Å². The van der Waals surface area contributed by atoms with Crippen LogP contribution in [0.1, 0.15) is 108 Å². The Bertz CT molecular complexity index is 572. The van der Waals surface area contributed by atoms with E-state index in [1.54, 1.807) is 4.90 Å². The second kappa shape index (κ2) is 18.0. The number of hydrogen-bond acceptors (Lipinski definition) is 1. The zero-order valence-electron chi connectivity index (χ0n) is 20.2. The van der Waals surface area contributed by atoms with Crippen molar-refractivity contribution in [3.63, 3.8) is 0 Å². The summed E-state index contributed by atoms with van der Waals surface area (Å²) in [5.41, 5.74) is 2.94. The highest BCUT2D eigenvalue weighted by Gasteiger charge is 2.25. The number of nitrogens with one attached hydrogen (secondary N) is 1. The van der Waals surface area contributed by atoms with Crippen molar-refractivity contribution in [2.45, 2.75) is 96.9 Å². The van der Waals surface area contributed by atoms with Crippen molar-refractivity contribution >= 4 is 0 Å². The van der Waals surface area contributed by atoms with E-state index in [9.17, 15) is 0 Å². The first kappa shape index (κ1) is 27.4. The Hall–Kier alpha value is -1.64. The monoisotopic (exact) mass is 425 g/mol. The van der Waals surface area contributed by atoms with Crippen LogP contribution in [-0.4, -0.2) is 18.6 Å². The first-order valence-electron chi connectivity index (χ1n) is 12.8. The molecule has 0 heterocycles. The van der Waals surface area contributed by atoms with Gasteiger partial charge in [-0.15, -0.1) is 0 Å². The van der Waals surface area contributed by atoms with Crippen LogP contribution in [0.25, 0.3) is 0 Å². The molecule has 0 atom stereocenters. The van der Waals surface area contributed by atoms with Gasteiger partial charge in [0.2, 0.25) is 0 Å². The topological polar surface area (TPSA) is 34.4 Å². The number of hydrogen-bond donors (Lipinski definition) is 1. The van der Waals surface area contributed by atoms with Gasteiger partial charge in [0.1, 0.15) is 6.04 Å². The molecule has 0 spiro atoms. The number of rotatable bonds is 17. The summed E-state index contributed by atoms with van der Waals surface area (Å²) in [6, 6.07) is 22.9. The number of unbranched alkanes of at least 4 members (excludes halogenated alkanes) is 10. The van der Waals surface area contributed by atoms with Crippen LogP contribution in [0.5, 0.6) is 0 Å². The fourth-order valence-corrected chi connectivity index (χ4v) is 4.63. The molecule has 2 heteroatoms. The maximum atomic E-state index is 2.33. The molecule has 0 saturated heterocycles. The summed E-state index contributed by atoms with van der Waals surface area (Å²) in [6.45, 7) is 7.18. The minimum atomic E-state index is 0. The molecule has 0 aromatic heterocycles. The molecule has 2 aromatic rings. The predicted octanol–water partition coefficient (Wildman–Crippen LogP) is 7.21. The molecule has 2 N–H and O–H groups in total. The van der Waals surface area contributed by atoms with Gasteiger partial charge in [-0.2, -0.15) is 0 Å². The lowest BCUT2D eigenvalue weighted by Crippen LogP contribution is -3.12. The largest absolute Gasteiger partial charge is 0.870 e. The van der Waals surface area contributed by atoms with E-state index in [4.69, 9.17) is 0 Å². The van der Waals surface area contributed by atoms with E-state index in [0.29, 0.717) is 6.04 Å². The van der Waals surface area contributed by atoms with E-state index < -0.39 is 0 Å². The molecule has 174 valence electrons. The molecule has 0 aliphatic heterocycles. The van der Waals surface area contributed by atoms with Gasteiger partial charge in [-0.05, 0) is 25.7 Å². The van der Waals surface area contributed by atoms with Crippen LogP contribution >= 0.6 is 0 Å². The van der Waals surface area contributed by atoms with Crippen LogP contribution < -0.4 is 4.90 Å². The molecular formula is C29H47NO. The molecule has 0 bridgehead atoms. The normalized spacial score (nSPS) is 11.1. The maximum absolute atomic E-state index is 2.33. The predicted molar refractivity (Wildman–Crippen MR) is 134 cm³/mol. The lowest BCUT2D eigenvalue weighted by Gasteiger charge is -2.30. The van der Waals surface area contributed by atoms with Gasteiger partial charge in [-0.25, -0.2) is 0 Å². The summed E-state index contributed by atoms with van der Waals surface area (Å²) < 4.78 is 0. The molecule has 0 fully saturated rings. The first-order chi connectivity index (χ1) is 14.9. The summed E-state index contributed by atoms with van der Waals surface area (Å²) in [6.07, 6.45) is 16.5. The van der Waals surface area contributed by atoms with Gasteiger partial charge in [0.25, 0.3) is 0 Å². The van der Waals surface area contributed by atoms with Gasteiger partial charge < -0.3 is 10.4 Å². The highest BCUT2D eigenvalue weighted by Crippen LogP contribution is 2.19. The van der Waals surface area contributed by atoms with Crippen molar-refractivity contribution in [1.82, 2.24) is 0 Å². The summed E-state index contributed by atoms with van der Waals surface area (Å²) in [4.78, 5) is 1.76. The van der Waals surface area contributed by atoms with Crippen LogP contribution in [0.15, 0.2) is 60.7 Å². The lowest BCUT2D eigenvalue weighted by molar-refractivity contribution is -0.926. The van der Waals surface area contributed by atoms with E-state index in [0.717, 1.165) is 0 Å². The van der Waals surface area contributed by atoms with Gasteiger partial charge in [0.05, 0.1) is 13.1 Å². The average molecular weight is 426 g/mol.